The lowest BCUT2D eigenvalue weighted by Crippen LogP contribution is -2.60. The Morgan fingerprint density at radius 1 is 0.424 bits per heavy atom. The molecule has 1 amide bonds. The number of ether oxygens (including phenoxy) is 3. The van der Waals surface area contributed by atoms with Crippen molar-refractivity contribution in [3.63, 3.8) is 0 Å². The van der Waals surface area contributed by atoms with Gasteiger partial charge in [-0.15, -0.1) is 0 Å². The summed E-state index contributed by atoms with van der Waals surface area (Å²) in [6, 6.07) is -0.826. The lowest BCUT2D eigenvalue weighted by Gasteiger charge is -2.40. The molecule has 6 N–H and O–H groups in total. The molecule has 498 valence electrons. The Labute approximate surface area is 523 Å². The quantitative estimate of drug-likeness (QED) is 0.0195. The van der Waals surface area contributed by atoms with E-state index in [4.69, 9.17) is 14.2 Å². The van der Waals surface area contributed by atoms with E-state index in [0.717, 1.165) is 57.8 Å². The first kappa shape index (κ1) is 80.6. The van der Waals surface area contributed by atoms with Crippen molar-refractivity contribution in [2.24, 2.45) is 0 Å². The minimum Gasteiger partial charge on any atom is -0.466 e. The summed E-state index contributed by atoms with van der Waals surface area (Å²) in [6.45, 7) is 4.32. The number of amides is 1. The number of aliphatic hydroxyl groups is 5. The van der Waals surface area contributed by atoms with Gasteiger partial charge in [-0.25, -0.2) is 0 Å². The Bertz CT molecular complexity index is 1550. The summed E-state index contributed by atoms with van der Waals surface area (Å²) in [5.74, 6) is -0.189. The molecule has 1 rings (SSSR count). The van der Waals surface area contributed by atoms with Gasteiger partial charge in [0.25, 0.3) is 0 Å². The number of hydrogen-bond acceptors (Lipinski definition) is 10. The van der Waals surface area contributed by atoms with E-state index in [0.29, 0.717) is 19.4 Å². The van der Waals surface area contributed by atoms with Gasteiger partial charge in [0.2, 0.25) is 5.91 Å². The summed E-state index contributed by atoms with van der Waals surface area (Å²) in [7, 11) is 0. The van der Waals surface area contributed by atoms with Crippen molar-refractivity contribution in [2.75, 3.05) is 19.8 Å². The third-order valence-electron chi connectivity index (χ3n) is 17.1. The zero-order valence-corrected chi connectivity index (χ0v) is 55.3. The number of carbonyl (C=O) groups excluding carboxylic acids is 2. The lowest BCUT2D eigenvalue weighted by molar-refractivity contribution is -0.302. The van der Waals surface area contributed by atoms with Crippen LogP contribution in [-0.4, -0.2) is 100 Å². The fourth-order valence-corrected chi connectivity index (χ4v) is 11.4. The van der Waals surface area contributed by atoms with Crippen LogP contribution < -0.4 is 5.32 Å². The number of rotatable bonds is 64. The molecule has 11 heteroatoms. The van der Waals surface area contributed by atoms with E-state index in [9.17, 15) is 35.1 Å². The Kier molecular flexibility index (Phi) is 60.0. The van der Waals surface area contributed by atoms with E-state index in [1.54, 1.807) is 6.08 Å². The number of allylic oxidation sites excluding steroid dienone is 7. The maximum atomic E-state index is 13.1. The number of hydrogen-bond donors (Lipinski definition) is 6. The van der Waals surface area contributed by atoms with Crippen molar-refractivity contribution in [3.05, 3.63) is 48.6 Å². The molecule has 0 saturated carbocycles. The van der Waals surface area contributed by atoms with Crippen LogP contribution in [0.25, 0.3) is 0 Å². The molecule has 0 aromatic rings. The molecular formula is C74H137NO10. The van der Waals surface area contributed by atoms with Crippen molar-refractivity contribution >= 4 is 11.9 Å². The molecule has 1 fully saturated rings. The highest BCUT2D eigenvalue weighted by molar-refractivity contribution is 5.76. The van der Waals surface area contributed by atoms with E-state index in [1.165, 1.54) is 263 Å². The SMILES string of the molecule is CCCC/C=C\CCCCCCCC(=O)OCCCCCCCCCCCCCC/C=C\CCCCCCCCCCCCCCCCCCC(=O)NC(COC1OC(CO)C(O)C(O)C1O)C(O)/C=C/CC/C=C/CCCCCCCCCC. The molecule has 1 aliphatic heterocycles. The summed E-state index contributed by atoms with van der Waals surface area (Å²) in [5, 5.41) is 54.5. The Morgan fingerprint density at radius 3 is 1.20 bits per heavy atom. The molecule has 11 nitrogen and oxygen atoms in total. The van der Waals surface area contributed by atoms with Crippen LogP contribution in [0.2, 0.25) is 0 Å². The van der Waals surface area contributed by atoms with Gasteiger partial charge in [0.05, 0.1) is 32.0 Å². The first-order valence-electron chi connectivity index (χ1n) is 36.4. The number of nitrogens with one attached hydrogen (secondary N) is 1. The molecule has 0 spiro atoms. The minimum atomic E-state index is -1.58. The van der Waals surface area contributed by atoms with Crippen LogP contribution >= 0.6 is 0 Å². The third-order valence-corrected chi connectivity index (χ3v) is 17.1. The van der Waals surface area contributed by atoms with Gasteiger partial charge >= 0.3 is 5.97 Å². The fourth-order valence-electron chi connectivity index (χ4n) is 11.4. The van der Waals surface area contributed by atoms with E-state index in [1.807, 2.05) is 6.08 Å². The highest BCUT2D eigenvalue weighted by Gasteiger charge is 2.44. The van der Waals surface area contributed by atoms with Crippen LogP contribution in [0, 0.1) is 0 Å². The normalized spacial score (nSPS) is 18.2. The van der Waals surface area contributed by atoms with E-state index < -0.39 is 49.5 Å². The van der Waals surface area contributed by atoms with Crippen LogP contribution in [0.4, 0.5) is 0 Å². The smallest absolute Gasteiger partial charge is 0.305 e. The fraction of sp³-hybridized carbons (Fsp3) is 0.865. The van der Waals surface area contributed by atoms with Gasteiger partial charge in [0.15, 0.2) is 6.29 Å². The maximum Gasteiger partial charge on any atom is 0.305 e. The first-order valence-corrected chi connectivity index (χ1v) is 36.4. The van der Waals surface area contributed by atoms with Gasteiger partial charge in [-0.1, -0.05) is 294 Å². The molecule has 7 atom stereocenters. The predicted octanol–water partition coefficient (Wildman–Crippen LogP) is 18.7. The van der Waals surface area contributed by atoms with E-state index >= 15 is 0 Å². The highest BCUT2D eigenvalue weighted by Crippen LogP contribution is 2.23. The summed E-state index contributed by atoms with van der Waals surface area (Å²) >= 11 is 0. The second-order valence-corrected chi connectivity index (χ2v) is 25.3. The summed E-state index contributed by atoms with van der Waals surface area (Å²) in [6.07, 6.45) is 72.5. The van der Waals surface area contributed by atoms with Crippen molar-refractivity contribution < 1.29 is 49.3 Å². The first-order chi connectivity index (χ1) is 41.7. The van der Waals surface area contributed by atoms with Gasteiger partial charge in [0, 0.05) is 12.8 Å². The average molecular weight is 1200 g/mol. The van der Waals surface area contributed by atoms with E-state index in [-0.39, 0.29) is 18.5 Å². The molecule has 0 aliphatic carbocycles. The second kappa shape index (κ2) is 63.2. The topological polar surface area (TPSA) is 175 Å². The minimum absolute atomic E-state index is 0.000712. The number of aliphatic hydroxyl groups excluding tert-OH is 5. The zero-order valence-electron chi connectivity index (χ0n) is 55.3. The molecule has 0 aromatic heterocycles. The van der Waals surface area contributed by atoms with Crippen LogP contribution in [0.1, 0.15) is 348 Å². The van der Waals surface area contributed by atoms with Crippen LogP contribution in [0.15, 0.2) is 48.6 Å². The molecule has 0 radical (unpaired) electrons. The van der Waals surface area contributed by atoms with Gasteiger partial charge in [-0.2, -0.15) is 0 Å². The molecule has 1 aliphatic rings. The van der Waals surface area contributed by atoms with Gasteiger partial charge in [-0.05, 0) is 89.9 Å². The lowest BCUT2D eigenvalue weighted by atomic mass is 9.99. The summed E-state index contributed by atoms with van der Waals surface area (Å²) in [5.41, 5.74) is 0. The molecule has 1 saturated heterocycles. The van der Waals surface area contributed by atoms with Crippen LogP contribution in [-0.2, 0) is 23.8 Å². The standard InChI is InChI=1S/C74H137NO10/c1-3-5-7-9-11-13-15-16-37-41-44-48-52-56-60-67(77)66(65-84-74-73(82)72(81)71(80)68(64-76)85-74)75-69(78)61-57-53-49-45-42-38-35-33-31-29-27-25-23-21-19-17-18-20-22-24-26-28-30-32-34-36-39-43-47-51-55-59-63-83-70(79)62-58-54-50-46-40-14-12-10-8-6-4-2/h10,12,20,22,41,44,56,60,66-68,71-74,76-77,80-82H,3-9,11,13-19,21,23-40,42-43,45-55,57-59,61-65H2,1-2H3,(H,75,78)/b12-10-,22-20-,44-41+,60-56+. The largest absolute Gasteiger partial charge is 0.466 e. The average Bonchev–Trinajstić information content (AvgIpc) is 3.51. The van der Waals surface area contributed by atoms with Crippen molar-refractivity contribution in [3.8, 4) is 0 Å². The monoisotopic (exact) mass is 1200 g/mol. The van der Waals surface area contributed by atoms with Crippen molar-refractivity contribution in [1.82, 2.24) is 5.32 Å². The molecule has 1 heterocycles. The summed E-state index contributed by atoms with van der Waals surface area (Å²) < 4.78 is 16.7. The molecule has 0 bridgehead atoms. The predicted molar refractivity (Wildman–Crippen MR) is 357 cm³/mol. The molecule has 85 heavy (non-hydrogen) atoms. The van der Waals surface area contributed by atoms with Crippen molar-refractivity contribution in [2.45, 2.75) is 391 Å². The molecule has 7 unspecified atom stereocenters. The van der Waals surface area contributed by atoms with Gasteiger partial charge in [-0.3, -0.25) is 9.59 Å². The van der Waals surface area contributed by atoms with Gasteiger partial charge in [0.1, 0.15) is 24.4 Å². The summed E-state index contributed by atoms with van der Waals surface area (Å²) in [4.78, 5) is 25.1. The van der Waals surface area contributed by atoms with Gasteiger partial charge < -0.3 is 45.1 Å². The van der Waals surface area contributed by atoms with E-state index in [2.05, 4.69) is 55.6 Å². The number of carbonyl (C=O) groups is 2. The van der Waals surface area contributed by atoms with Crippen LogP contribution in [0.5, 0.6) is 0 Å². The number of unbranched alkanes of at least 4 members (excludes halogenated alkanes) is 44. The second-order valence-electron chi connectivity index (χ2n) is 25.3. The third kappa shape index (κ3) is 52.1. The maximum absolute atomic E-state index is 13.1. The Hall–Kier alpha value is -2.38. The zero-order chi connectivity index (χ0) is 61.6. The van der Waals surface area contributed by atoms with Crippen LogP contribution in [0.3, 0.4) is 0 Å². The molecule has 0 aromatic carbocycles. The Morgan fingerprint density at radius 2 is 0.776 bits per heavy atom. The highest BCUT2D eigenvalue weighted by atomic mass is 16.7. The number of esters is 1. The Balaban J connectivity index is 1.97. The molecular weight excluding hydrogens is 1060 g/mol. The van der Waals surface area contributed by atoms with Crippen molar-refractivity contribution in [1.29, 1.82) is 0 Å².